The summed E-state index contributed by atoms with van der Waals surface area (Å²) in [5.41, 5.74) is 2.41. The summed E-state index contributed by atoms with van der Waals surface area (Å²) in [5.74, 6) is 0.913. The fourth-order valence-corrected chi connectivity index (χ4v) is 11.0. The highest BCUT2D eigenvalue weighted by Crippen LogP contribution is 2.50. The smallest absolute Gasteiger partial charge is 0.0842 e. The maximum atomic E-state index is 2.66. The highest BCUT2D eigenvalue weighted by atomic mass is 28.3. The number of fused-ring (bicyclic) bond motifs is 1. The standard InChI is InChI=1S/C21H24Si/c1-17-12-13-18-14-15-22(21(18)16-17,19-8-4-2-5-9-19)20-10-6-3-7-11-20/h2-11,16,18,21H,12-15H2,1H3. The van der Waals surface area contributed by atoms with E-state index in [0.717, 1.165) is 11.5 Å². The van der Waals surface area contributed by atoms with Gasteiger partial charge in [-0.3, -0.25) is 0 Å². The van der Waals surface area contributed by atoms with E-state index in [1.165, 1.54) is 25.3 Å². The second-order valence-electron chi connectivity index (χ2n) is 7.08. The maximum Gasteiger partial charge on any atom is 0.125 e. The van der Waals surface area contributed by atoms with Crippen LogP contribution < -0.4 is 10.4 Å². The van der Waals surface area contributed by atoms with Crippen LogP contribution in [-0.4, -0.2) is 8.07 Å². The van der Waals surface area contributed by atoms with Crippen molar-refractivity contribution in [2.75, 3.05) is 0 Å². The Morgan fingerprint density at radius 3 is 2.00 bits per heavy atom. The Bertz CT molecular complexity index is 632. The van der Waals surface area contributed by atoms with Gasteiger partial charge < -0.3 is 0 Å². The first-order valence-corrected chi connectivity index (χ1v) is 10.9. The number of hydrogen-bond donors (Lipinski definition) is 0. The van der Waals surface area contributed by atoms with E-state index in [2.05, 4.69) is 73.7 Å². The largest absolute Gasteiger partial charge is 0.125 e. The van der Waals surface area contributed by atoms with Crippen molar-refractivity contribution in [3.05, 3.63) is 72.3 Å². The molecule has 4 rings (SSSR count). The summed E-state index contributed by atoms with van der Waals surface area (Å²) >= 11 is 0. The van der Waals surface area contributed by atoms with E-state index in [1.807, 2.05) is 0 Å². The van der Waals surface area contributed by atoms with E-state index in [9.17, 15) is 0 Å². The van der Waals surface area contributed by atoms with Crippen molar-refractivity contribution < 1.29 is 0 Å². The third-order valence-electron chi connectivity index (χ3n) is 5.94. The van der Waals surface area contributed by atoms with E-state index < -0.39 is 8.07 Å². The van der Waals surface area contributed by atoms with Gasteiger partial charge in [0.05, 0.1) is 0 Å². The lowest BCUT2D eigenvalue weighted by Crippen LogP contribution is -2.59. The van der Waals surface area contributed by atoms with Crippen LogP contribution in [0.5, 0.6) is 0 Å². The molecule has 1 heteroatoms. The van der Waals surface area contributed by atoms with Crippen molar-refractivity contribution in [3.63, 3.8) is 0 Å². The van der Waals surface area contributed by atoms with Crippen molar-refractivity contribution in [2.24, 2.45) is 5.92 Å². The second-order valence-corrected chi connectivity index (χ2v) is 11.3. The van der Waals surface area contributed by atoms with Crippen molar-refractivity contribution in [1.29, 1.82) is 0 Å². The Hall–Kier alpha value is -1.60. The first-order valence-electron chi connectivity index (χ1n) is 8.59. The van der Waals surface area contributed by atoms with Crippen molar-refractivity contribution in [3.8, 4) is 0 Å². The number of rotatable bonds is 2. The Kier molecular flexibility index (Phi) is 3.54. The molecular formula is C21H24Si. The average Bonchev–Trinajstić information content (AvgIpc) is 2.96. The summed E-state index contributed by atoms with van der Waals surface area (Å²) < 4.78 is 0. The molecule has 2 unspecified atom stereocenters. The van der Waals surface area contributed by atoms with Crippen LogP contribution in [0.4, 0.5) is 0 Å². The zero-order chi connectivity index (χ0) is 15.0. The zero-order valence-electron chi connectivity index (χ0n) is 13.3. The highest BCUT2D eigenvalue weighted by molar-refractivity contribution is 7.04. The van der Waals surface area contributed by atoms with Gasteiger partial charge in [-0.2, -0.15) is 0 Å². The van der Waals surface area contributed by atoms with Gasteiger partial charge >= 0.3 is 0 Å². The Morgan fingerprint density at radius 2 is 1.41 bits per heavy atom. The van der Waals surface area contributed by atoms with Crippen LogP contribution in [0.2, 0.25) is 11.6 Å². The third-order valence-corrected chi connectivity index (χ3v) is 11.5. The molecule has 0 aromatic heterocycles. The van der Waals surface area contributed by atoms with E-state index in [-0.39, 0.29) is 0 Å². The average molecular weight is 305 g/mol. The van der Waals surface area contributed by atoms with E-state index in [1.54, 1.807) is 15.9 Å². The fourth-order valence-electron chi connectivity index (χ4n) is 4.88. The first-order chi connectivity index (χ1) is 10.8. The summed E-state index contributed by atoms with van der Waals surface area (Å²) in [6.07, 6.45) is 6.80. The van der Waals surface area contributed by atoms with Crippen LogP contribution >= 0.6 is 0 Å². The molecule has 1 aliphatic heterocycles. The van der Waals surface area contributed by atoms with E-state index >= 15 is 0 Å². The summed E-state index contributed by atoms with van der Waals surface area (Å²) in [6.45, 7) is 2.34. The normalized spacial score (nSPS) is 26.3. The summed E-state index contributed by atoms with van der Waals surface area (Å²) in [6, 6.07) is 24.3. The molecule has 0 amide bonds. The fraction of sp³-hybridized carbons (Fsp3) is 0.333. The molecule has 1 aliphatic carbocycles. The van der Waals surface area contributed by atoms with Gasteiger partial charge in [0.25, 0.3) is 0 Å². The van der Waals surface area contributed by atoms with Crippen LogP contribution in [0.15, 0.2) is 72.3 Å². The zero-order valence-corrected chi connectivity index (χ0v) is 14.3. The quantitative estimate of drug-likeness (QED) is 0.570. The predicted molar refractivity (Wildman–Crippen MR) is 97.6 cm³/mol. The molecule has 2 aliphatic rings. The lowest BCUT2D eigenvalue weighted by molar-refractivity contribution is 0.478. The number of allylic oxidation sites excluding steroid dienone is 2. The summed E-state index contributed by atoms with van der Waals surface area (Å²) in [7, 11) is -1.66. The molecule has 2 aromatic rings. The van der Waals surface area contributed by atoms with Gasteiger partial charge in [0.15, 0.2) is 0 Å². The van der Waals surface area contributed by atoms with Crippen LogP contribution in [0.3, 0.4) is 0 Å². The molecule has 1 fully saturated rings. The van der Waals surface area contributed by atoms with Gasteiger partial charge in [0.2, 0.25) is 0 Å². The Labute approximate surface area is 134 Å². The molecule has 2 atom stereocenters. The SMILES string of the molecule is CC1=CC2C(CC1)CC[Si]2(c1ccccc1)c1ccccc1. The molecule has 0 saturated carbocycles. The minimum atomic E-state index is -1.66. The second kappa shape index (κ2) is 5.55. The van der Waals surface area contributed by atoms with E-state index in [4.69, 9.17) is 0 Å². The van der Waals surface area contributed by atoms with Gasteiger partial charge in [-0.15, -0.1) is 0 Å². The molecule has 22 heavy (non-hydrogen) atoms. The molecule has 0 nitrogen and oxygen atoms in total. The van der Waals surface area contributed by atoms with Gasteiger partial charge in [-0.1, -0.05) is 89.1 Å². The minimum Gasteiger partial charge on any atom is -0.0842 e. The van der Waals surface area contributed by atoms with Crippen molar-refractivity contribution >= 4 is 18.4 Å². The molecule has 1 heterocycles. The summed E-state index contributed by atoms with van der Waals surface area (Å²) in [5, 5.41) is 3.28. The molecule has 0 bridgehead atoms. The minimum absolute atomic E-state index is 0.797. The lowest BCUT2D eigenvalue weighted by Gasteiger charge is -2.37. The summed E-state index contributed by atoms with van der Waals surface area (Å²) in [4.78, 5) is 0. The Balaban J connectivity index is 1.92. The molecule has 1 saturated heterocycles. The number of hydrogen-bond acceptors (Lipinski definition) is 0. The van der Waals surface area contributed by atoms with Gasteiger partial charge in [-0.05, 0) is 37.3 Å². The van der Waals surface area contributed by atoms with Crippen LogP contribution in [-0.2, 0) is 0 Å². The van der Waals surface area contributed by atoms with Crippen LogP contribution in [0.1, 0.15) is 26.2 Å². The van der Waals surface area contributed by atoms with Gasteiger partial charge in [-0.25, -0.2) is 0 Å². The Morgan fingerprint density at radius 1 is 0.818 bits per heavy atom. The predicted octanol–water partition coefficient (Wildman–Crippen LogP) is 4.38. The monoisotopic (exact) mass is 304 g/mol. The van der Waals surface area contributed by atoms with Gasteiger partial charge in [0, 0.05) is 0 Å². The highest BCUT2D eigenvalue weighted by Gasteiger charge is 2.51. The number of benzene rings is 2. The molecular weight excluding hydrogens is 280 g/mol. The van der Waals surface area contributed by atoms with Crippen molar-refractivity contribution in [1.82, 2.24) is 0 Å². The molecule has 2 aromatic carbocycles. The molecule has 112 valence electrons. The van der Waals surface area contributed by atoms with Crippen molar-refractivity contribution in [2.45, 2.75) is 37.8 Å². The maximum absolute atomic E-state index is 2.66. The van der Waals surface area contributed by atoms with Crippen LogP contribution in [0.25, 0.3) is 0 Å². The topological polar surface area (TPSA) is 0 Å². The molecule has 0 spiro atoms. The molecule has 0 radical (unpaired) electrons. The van der Waals surface area contributed by atoms with E-state index in [0.29, 0.717) is 0 Å². The molecule has 0 N–H and O–H groups in total. The van der Waals surface area contributed by atoms with Crippen LogP contribution in [0, 0.1) is 5.92 Å². The van der Waals surface area contributed by atoms with Gasteiger partial charge in [0.1, 0.15) is 8.07 Å². The third kappa shape index (κ3) is 2.11. The lowest BCUT2D eigenvalue weighted by atomic mass is 9.88. The first kappa shape index (κ1) is 14.0.